The third kappa shape index (κ3) is 3.12. The van der Waals surface area contributed by atoms with E-state index in [1.54, 1.807) is 20.1 Å². The van der Waals surface area contributed by atoms with E-state index < -0.39 is 6.10 Å². The fourth-order valence-electron chi connectivity index (χ4n) is 3.20. The maximum absolute atomic E-state index is 12.5. The van der Waals surface area contributed by atoms with Gasteiger partial charge in [-0.25, -0.2) is 0 Å². The van der Waals surface area contributed by atoms with Gasteiger partial charge in [-0.05, 0) is 44.4 Å². The molecule has 124 valence electrons. The van der Waals surface area contributed by atoms with Crippen LogP contribution in [0.15, 0.2) is 27.4 Å². The Bertz CT molecular complexity index is 757. The van der Waals surface area contributed by atoms with Gasteiger partial charge in [0.2, 0.25) is 0 Å². The zero-order chi connectivity index (χ0) is 16.6. The van der Waals surface area contributed by atoms with Crippen molar-refractivity contribution in [2.75, 3.05) is 25.1 Å². The third-order valence-corrected chi connectivity index (χ3v) is 4.53. The number of piperidine rings is 1. The van der Waals surface area contributed by atoms with Crippen molar-refractivity contribution in [1.29, 1.82) is 0 Å². The highest BCUT2D eigenvalue weighted by Gasteiger charge is 2.22. The molecule has 23 heavy (non-hydrogen) atoms. The van der Waals surface area contributed by atoms with Crippen molar-refractivity contribution in [3.8, 4) is 0 Å². The summed E-state index contributed by atoms with van der Waals surface area (Å²) in [5, 5.41) is 10.5. The molecule has 1 aromatic heterocycles. The molecule has 1 unspecified atom stereocenters. The van der Waals surface area contributed by atoms with Crippen LogP contribution in [-0.2, 0) is 4.74 Å². The van der Waals surface area contributed by atoms with Gasteiger partial charge in [-0.15, -0.1) is 0 Å². The second kappa shape index (κ2) is 6.34. The van der Waals surface area contributed by atoms with Gasteiger partial charge in [0.25, 0.3) is 0 Å². The van der Waals surface area contributed by atoms with E-state index >= 15 is 0 Å². The molecular formula is C18H23NO4. The molecule has 2 aromatic rings. The first-order chi connectivity index (χ1) is 11.0. The van der Waals surface area contributed by atoms with Crippen molar-refractivity contribution < 1.29 is 14.3 Å². The highest BCUT2D eigenvalue weighted by molar-refractivity contribution is 5.82. The lowest BCUT2D eigenvalue weighted by Gasteiger charge is -2.31. The number of aliphatic hydroxyl groups excluding tert-OH is 1. The second-order valence-electron chi connectivity index (χ2n) is 6.28. The number of hydrogen-bond donors (Lipinski definition) is 1. The number of aryl methyl sites for hydroxylation is 1. The Morgan fingerprint density at radius 2 is 2.00 bits per heavy atom. The summed E-state index contributed by atoms with van der Waals surface area (Å²) in [5.41, 5.74) is 2.02. The molecule has 0 spiro atoms. The average molecular weight is 317 g/mol. The number of benzene rings is 1. The first-order valence-corrected chi connectivity index (χ1v) is 8.04. The minimum atomic E-state index is -0.685. The van der Waals surface area contributed by atoms with E-state index in [-0.39, 0.29) is 11.5 Å². The van der Waals surface area contributed by atoms with E-state index in [1.807, 2.05) is 19.1 Å². The van der Waals surface area contributed by atoms with Crippen LogP contribution in [0.1, 0.15) is 37.0 Å². The Hall–Kier alpha value is -1.85. The maximum atomic E-state index is 12.5. The molecule has 1 atom stereocenters. The number of fused-ring (bicyclic) bond motifs is 1. The van der Waals surface area contributed by atoms with Crippen molar-refractivity contribution in [1.82, 2.24) is 0 Å². The Balaban J connectivity index is 2.05. The topological polar surface area (TPSA) is 62.9 Å². The largest absolute Gasteiger partial charge is 0.440 e. The molecule has 3 rings (SSSR count). The van der Waals surface area contributed by atoms with Crippen molar-refractivity contribution in [2.45, 2.75) is 38.9 Å². The minimum absolute atomic E-state index is 0.0688. The summed E-state index contributed by atoms with van der Waals surface area (Å²) in [4.78, 5) is 14.6. The summed E-state index contributed by atoms with van der Waals surface area (Å²) in [6.45, 7) is 5.19. The number of rotatable bonds is 3. The van der Waals surface area contributed by atoms with Gasteiger partial charge in [0, 0.05) is 31.8 Å². The van der Waals surface area contributed by atoms with Crippen LogP contribution in [0.4, 0.5) is 5.88 Å². The Morgan fingerprint density at radius 3 is 2.61 bits per heavy atom. The molecule has 1 N–H and O–H groups in total. The maximum Gasteiger partial charge on any atom is 0.200 e. The molecule has 1 aliphatic heterocycles. The molecule has 0 saturated carbocycles. The molecule has 0 radical (unpaired) electrons. The monoisotopic (exact) mass is 317 g/mol. The van der Waals surface area contributed by atoms with Gasteiger partial charge < -0.3 is 19.2 Å². The lowest BCUT2D eigenvalue weighted by atomic mass is 10.0. The van der Waals surface area contributed by atoms with Crippen LogP contribution in [0.3, 0.4) is 0 Å². The van der Waals surface area contributed by atoms with Crippen molar-refractivity contribution in [2.24, 2.45) is 0 Å². The SMILES string of the molecule is COC1CCN(c2cc(=O)c3cc(C)cc(C(C)O)c3o2)CC1. The minimum Gasteiger partial charge on any atom is -0.440 e. The summed E-state index contributed by atoms with van der Waals surface area (Å²) in [6, 6.07) is 5.24. The number of hydrogen-bond acceptors (Lipinski definition) is 5. The van der Waals surface area contributed by atoms with Gasteiger partial charge >= 0.3 is 0 Å². The molecule has 0 aliphatic carbocycles. The smallest absolute Gasteiger partial charge is 0.200 e. The van der Waals surface area contributed by atoms with Gasteiger partial charge in [-0.3, -0.25) is 4.79 Å². The van der Waals surface area contributed by atoms with Crippen LogP contribution < -0.4 is 10.3 Å². The number of ether oxygens (including phenoxy) is 1. The van der Waals surface area contributed by atoms with Crippen LogP contribution in [0, 0.1) is 6.92 Å². The van der Waals surface area contributed by atoms with Crippen molar-refractivity contribution in [3.63, 3.8) is 0 Å². The molecule has 1 saturated heterocycles. The quantitative estimate of drug-likeness (QED) is 0.943. The molecule has 0 bridgehead atoms. The zero-order valence-electron chi connectivity index (χ0n) is 13.8. The van der Waals surface area contributed by atoms with Crippen LogP contribution in [-0.4, -0.2) is 31.4 Å². The highest BCUT2D eigenvalue weighted by Crippen LogP contribution is 2.29. The standard InChI is InChI=1S/C18H23NO4/c1-11-8-14(12(2)20)18-15(9-11)16(21)10-17(23-18)19-6-4-13(22-3)5-7-19/h8-10,12-13,20H,4-7H2,1-3H3. The predicted octanol–water partition coefficient (Wildman–Crippen LogP) is 2.77. The fourth-order valence-corrected chi connectivity index (χ4v) is 3.20. The number of anilines is 1. The van der Waals surface area contributed by atoms with Gasteiger partial charge in [-0.1, -0.05) is 0 Å². The lowest BCUT2D eigenvalue weighted by Crippen LogP contribution is -2.37. The highest BCUT2D eigenvalue weighted by atomic mass is 16.5. The lowest BCUT2D eigenvalue weighted by molar-refractivity contribution is 0.0812. The number of methoxy groups -OCH3 is 1. The van der Waals surface area contributed by atoms with E-state index in [9.17, 15) is 9.90 Å². The second-order valence-corrected chi connectivity index (χ2v) is 6.28. The summed E-state index contributed by atoms with van der Waals surface area (Å²) in [6.07, 6.45) is 1.41. The molecule has 1 aromatic carbocycles. The first kappa shape index (κ1) is 16.0. The molecule has 2 heterocycles. The molecule has 5 heteroatoms. The molecule has 1 aliphatic rings. The van der Waals surface area contributed by atoms with E-state index in [4.69, 9.17) is 9.15 Å². The summed E-state index contributed by atoms with van der Waals surface area (Å²) in [5.74, 6) is 0.572. The van der Waals surface area contributed by atoms with E-state index in [2.05, 4.69) is 4.90 Å². The zero-order valence-corrected chi connectivity index (χ0v) is 13.8. The Kier molecular flexibility index (Phi) is 4.41. The van der Waals surface area contributed by atoms with Crippen molar-refractivity contribution >= 4 is 16.9 Å². The van der Waals surface area contributed by atoms with E-state index in [1.165, 1.54) is 0 Å². The fraction of sp³-hybridized carbons (Fsp3) is 0.500. The van der Waals surface area contributed by atoms with E-state index in [0.717, 1.165) is 31.5 Å². The molecule has 5 nitrogen and oxygen atoms in total. The Labute approximate surface area is 135 Å². The van der Waals surface area contributed by atoms with Gasteiger partial charge in [0.05, 0.1) is 17.6 Å². The Morgan fingerprint density at radius 1 is 1.30 bits per heavy atom. The predicted molar refractivity (Wildman–Crippen MR) is 90.1 cm³/mol. The molecular weight excluding hydrogens is 294 g/mol. The van der Waals surface area contributed by atoms with Crippen molar-refractivity contribution in [3.05, 3.63) is 39.5 Å². The summed E-state index contributed by atoms with van der Waals surface area (Å²) in [7, 11) is 1.73. The van der Waals surface area contributed by atoms with Gasteiger partial charge in [-0.2, -0.15) is 0 Å². The van der Waals surface area contributed by atoms with Crippen LogP contribution >= 0.6 is 0 Å². The van der Waals surface area contributed by atoms with Crippen LogP contribution in [0.5, 0.6) is 0 Å². The average Bonchev–Trinajstić information content (AvgIpc) is 2.54. The summed E-state index contributed by atoms with van der Waals surface area (Å²) < 4.78 is 11.4. The number of aliphatic hydroxyl groups is 1. The normalized spacial score (nSPS) is 17.7. The van der Waals surface area contributed by atoms with Gasteiger partial charge in [0.15, 0.2) is 11.3 Å². The van der Waals surface area contributed by atoms with Crippen LogP contribution in [0.2, 0.25) is 0 Å². The molecule has 0 amide bonds. The molecule has 1 fully saturated rings. The first-order valence-electron chi connectivity index (χ1n) is 8.04. The third-order valence-electron chi connectivity index (χ3n) is 4.53. The number of nitrogens with zero attached hydrogens (tertiary/aromatic N) is 1. The summed E-state index contributed by atoms with van der Waals surface area (Å²) >= 11 is 0. The van der Waals surface area contributed by atoms with E-state index in [0.29, 0.717) is 22.4 Å². The van der Waals surface area contributed by atoms with Crippen LogP contribution in [0.25, 0.3) is 11.0 Å². The van der Waals surface area contributed by atoms with Gasteiger partial charge in [0.1, 0.15) is 5.58 Å².